The van der Waals surface area contributed by atoms with Gasteiger partial charge in [-0.05, 0) is 26.3 Å². The van der Waals surface area contributed by atoms with E-state index in [1.165, 1.54) is 0 Å². The molecule has 1 N–H and O–H groups in total. The second kappa shape index (κ2) is 5.15. The molecule has 0 spiro atoms. The summed E-state index contributed by atoms with van der Waals surface area (Å²) in [5.74, 6) is 1.74. The number of aryl methyl sites for hydroxylation is 3. The Morgan fingerprint density at radius 1 is 1.35 bits per heavy atom. The summed E-state index contributed by atoms with van der Waals surface area (Å²) in [7, 11) is 0. The zero-order valence-electron chi connectivity index (χ0n) is 13.0. The van der Waals surface area contributed by atoms with Crippen LogP contribution in [-0.4, -0.2) is 41.3 Å². The highest BCUT2D eigenvalue weighted by Gasteiger charge is 2.25. The Morgan fingerprint density at radius 2 is 2.22 bits per heavy atom. The molecule has 0 aliphatic carbocycles. The van der Waals surface area contributed by atoms with Crippen molar-refractivity contribution in [1.82, 2.24) is 34.7 Å². The van der Waals surface area contributed by atoms with Gasteiger partial charge in [-0.2, -0.15) is 5.10 Å². The third-order valence-electron chi connectivity index (χ3n) is 4.26. The van der Waals surface area contributed by atoms with Crippen molar-refractivity contribution in [2.75, 3.05) is 0 Å². The van der Waals surface area contributed by atoms with Gasteiger partial charge in [0.15, 0.2) is 5.65 Å². The number of hydrogen-bond acceptors (Lipinski definition) is 5. The van der Waals surface area contributed by atoms with Gasteiger partial charge in [0.05, 0.1) is 5.69 Å². The largest absolute Gasteiger partial charge is 0.347 e. The smallest absolute Gasteiger partial charge is 0.257 e. The number of hydrogen-bond donors (Lipinski definition) is 1. The Balaban J connectivity index is 1.58. The topological polar surface area (TPSA) is 90.0 Å². The van der Waals surface area contributed by atoms with Crippen molar-refractivity contribution >= 4 is 11.6 Å². The molecule has 8 nitrogen and oxygen atoms in total. The highest BCUT2D eigenvalue weighted by molar-refractivity contribution is 6.01. The van der Waals surface area contributed by atoms with Gasteiger partial charge in [-0.25, -0.2) is 9.50 Å². The second-order valence-electron chi connectivity index (χ2n) is 5.83. The van der Waals surface area contributed by atoms with Gasteiger partial charge < -0.3 is 9.88 Å². The number of rotatable bonds is 2. The molecular formula is C15H17N7O. The monoisotopic (exact) mass is 311 g/mol. The van der Waals surface area contributed by atoms with Crippen LogP contribution in [-0.2, 0) is 13.0 Å². The van der Waals surface area contributed by atoms with Crippen LogP contribution in [0, 0.1) is 13.8 Å². The zero-order chi connectivity index (χ0) is 16.0. The molecule has 4 heterocycles. The summed E-state index contributed by atoms with van der Waals surface area (Å²) < 4.78 is 3.70. The maximum atomic E-state index is 12.7. The predicted molar refractivity (Wildman–Crippen MR) is 82.1 cm³/mol. The Bertz CT molecular complexity index is 895. The molecule has 1 unspecified atom stereocenters. The zero-order valence-corrected chi connectivity index (χ0v) is 13.0. The number of fused-ring (bicyclic) bond motifs is 2. The van der Waals surface area contributed by atoms with E-state index in [1.807, 2.05) is 13.8 Å². The van der Waals surface area contributed by atoms with E-state index in [4.69, 9.17) is 0 Å². The molecule has 0 aromatic carbocycles. The van der Waals surface area contributed by atoms with E-state index < -0.39 is 0 Å². The minimum Gasteiger partial charge on any atom is -0.347 e. The van der Waals surface area contributed by atoms with Gasteiger partial charge in [-0.1, -0.05) is 0 Å². The van der Waals surface area contributed by atoms with Crippen molar-refractivity contribution in [3.05, 3.63) is 41.4 Å². The molecule has 1 aliphatic rings. The van der Waals surface area contributed by atoms with E-state index >= 15 is 0 Å². The lowest BCUT2D eigenvalue weighted by Gasteiger charge is -2.24. The number of amides is 1. The first-order valence-corrected chi connectivity index (χ1v) is 7.63. The van der Waals surface area contributed by atoms with Crippen molar-refractivity contribution in [2.45, 2.75) is 39.3 Å². The standard InChI is InChI=1S/C15H17N7O/c1-9-13(14-16-6-3-7-22(14)20-9)15(23)17-11-4-5-12-19-18-10(2)21(12)8-11/h3,6-7,11H,4-5,8H2,1-2H3,(H,17,23). The van der Waals surface area contributed by atoms with Crippen LogP contribution in [0.15, 0.2) is 18.5 Å². The quantitative estimate of drug-likeness (QED) is 0.752. The first kappa shape index (κ1) is 13.9. The number of carbonyl (C=O) groups excluding carboxylic acids is 1. The molecule has 0 saturated carbocycles. The third kappa shape index (κ3) is 2.26. The van der Waals surface area contributed by atoms with Crippen LogP contribution in [0.4, 0.5) is 0 Å². The predicted octanol–water partition coefficient (Wildman–Crippen LogP) is 0.682. The Kier molecular flexibility index (Phi) is 3.10. The number of nitrogens with one attached hydrogen (secondary N) is 1. The molecule has 4 rings (SSSR count). The van der Waals surface area contributed by atoms with E-state index in [9.17, 15) is 4.79 Å². The van der Waals surface area contributed by atoms with Gasteiger partial charge in [0.2, 0.25) is 0 Å². The van der Waals surface area contributed by atoms with E-state index in [0.717, 1.165) is 24.5 Å². The number of carbonyl (C=O) groups is 1. The van der Waals surface area contributed by atoms with Gasteiger partial charge in [0.25, 0.3) is 5.91 Å². The molecule has 1 amide bonds. The molecule has 0 radical (unpaired) electrons. The van der Waals surface area contributed by atoms with Crippen molar-refractivity contribution < 1.29 is 4.79 Å². The summed E-state index contributed by atoms with van der Waals surface area (Å²) in [6, 6.07) is 1.85. The minimum absolute atomic E-state index is 0.0581. The molecule has 3 aromatic heterocycles. The summed E-state index contributed by atoms with van der Waals surface area (Å²) in [6.45, 7) is 4.46. The molecule has 3 aromatic rings. The van der Waals surface area contributed by atoms with Crippen LogP contribution >= 0.6 is 0 Å². The molecular weight excluding hydrogens is 294 g/mol. The first-order valence-electron chi connectivity index (χ1n) is 7.63. The van der Waals surface area contributed by atoms with E-state index in [1.54, 1.807) is 23.0 Å². The third-order valence-corrected chi connectivity index (χ3v) is 4.26. The van der Waals surface area contributed by atoms with Gasteiger partial charge in [0.1, 0.15) is 17.2 Å². The fraction of sp³-hybridized carbons (Fsp3) is 0.400. The maximum Gasteiger partial charge on any atom is 0.257 e. The van der Waals surface area contributed by atoms with Gasteiger partial charge in [-0.15, -0.1) is 10.2 Å². The lowest BCUT2D eigenvalue weighted by molar-refractivity contribution is 0.0928. The average molecular weight is 311 g/mol. The van der Waals surface area contributed by atoms with Crippen molar-refractivity contribution in [1.29, 1.82) is 0 Å². The summed E-state index contributed by atoms with van der Waals surface area (Å²) in [4.78, 5) is 17.0. The Labute approximate surface area is 132 Å². The van der Waals surface area contributed by atoms with E-state index in [2.05, 4.69) is 30.2 Å². The van der Waals surface area contributed by atoms with Crippen LogP contribution in [0.1, 0.15) is 34.1 Å². The normalized spacial score (nSPS) is 17.2. The first-order chi connectivity index (χ1) is 11.1. The summed E-state index contributed by atoms with van der Waals surface area (Å²) >= 11 is 0. The van der Waals surface area contributed by atoms with Crippen LogP contribution < -0.4 is 5.32 Å². The summed E-state index contributed by atoms with van der Waals surface area (Å²) in [5.41, 5.74) is 1.80. The van der Waals surface area contributed by atoms with E-state index in [-0.39, 0.29) is 11.9 Å². The number of nitrogens with zero attached hydrogens (tertiary/aromatic N) is 6. The van der Waals surface area contributed by atoms with Crippen LogP contribution in [0.3, 0.4) is 0 Å². The van der Waals surface area contributed by atoms with Crippen molar-refractivity contribution in [3.63, 3.8) is 0 Å². The summed E-state index contributed by atoms with van der Waals surface area (Å²) in [6.07, 6.45) is 5.13. The van der Waals surface area contributed by atoms with Crippen molar-refractivity contribution in [3.8, 4) is 0 Å². The maximum absolute atomic E-state index is 12.7. The molecule has 0 fully saturated rings. The molecule has 1 atom stereocenters. The lowest BCUT2D eigenvalue weighted by Crippen LogP contribution is -2.41. The molecule has 0 saturated heterocycles. The van der Waals surface area contributed by atoms with Crippen LogP contribution in [0.2, 0.25) is 0 Å². The minimum atomic E-state index is -0.129. The Morgan fingerprint density at radius 3 is 3.09 bits per heavy atom. The highest BCUT2D eigenvalue weighted by atomic mass is 16.1. The van der Waals surface area contributed by atoms with Gasteiger partial charge >= 0.3 is 0 Å². The molecule has 23 heavy (non-hydrogen) atoms. The van der Waals surface area contributed by atoms with Gasteiger partial charge in [-0.3, -0.25) is 4.79 Å². The van der Waals surface area contributed by atoms with Crippen LogP contribution in [0.25, 0.3) is 5.65 Å². The molecule has 1 aliphatic heterocycles. The molecule has 0 bridgehead atoms. The molecule has 118 valence electrons. The van der Waals surface area contributed by atoms with Crippen LogP contribution in [0.5, 0.6) is 0 Å². The van der Waals surface area contributed by atoms with Crippen molar-refractivity contribution in [2.24, 2.45) is 0 Å². The SMILES string of the molecule is Cc1nn2cccnc2c1C(=O)NC1CCc2nnc(C)n2C1. The second-order valence-corrected chi connectivity index (χ2v) is 5.83. The Hall–Kier alpha value is -2.77. The lowest BCUT2D eigenvalue weighted by atomic mass is 10.1. The molecule has 8 heteroatoms. The average Bonchev–Trinajstić information content (AvgIpc) is 3.07. The van der Waals surface area contributed by atoms with Gasteiger partial charge in [0, 0.05) is 31.4 Å². The highest BCUT2D eigenvalue weighted by Crippen LogP contribution is 2.17. The summed E-state index contributed by atoms with van der Waals surface area (Å²) in [5, 5.41) is 15.7. The number of aromatic nitrogens is 6. The van der Waals surface area contributed by atoms with E-state index in [0.29, 0.717) is 23.4 Å². The fourth-order valence-electron chi connectivity index (χ4n) is 3.10. The fourth-order valence-corrected chi connectivity index (χ4v) is 3.10.